The molecule has 1 aromatic heterocycles. The van der Waals surface area contributed by atoms with Gasteiger partial charge in [0.2, 0.25) is 0 Å². The lowest BCUT2D eigenvalue weighted by atomic mass is 10.2. The number of hydrogen-bond donors (Lipinski definition) is 3. The van der Waals surface area contributed by atoms with Gasteiger partial charge in [-0.3, -0.25) is 25.2 Å². The first kappa shape index (κ1) is 23.7. The van der Waals surface area contributed by atoms with Gasteiger partial charge in [-0.1, -0.05) is 63.9 Å². The number of benzene rings is 3. The van der Waals surface area contributed by atoms with Crippen LogP contribution in [0.5, 0.6) is 0 Å². The highest BCUT2D eigenvalue weighted by Crippen LogP contribution is 2.37. The molecule has 0 fully saturated rings. The van der Waals surface area contributed by atoms with Crippen LogP contribution in [0.15, 0.2) is 83.3 Å². The number of halogens is 2. The van der Waals surface area contributed by atoms with Gasteiger partial charge in [-0.25, -0.2) is 0 Å². The molecule has 0 bridgehead atoms. The van der Waals surface area contributed by atoms with Crippen molar-refractivity contribution in [3.63, 3.8) is 0 Å². The summed E-state index contributed by atoms with van der Waals surface area (Å²) in [7, 11) is 0. The van der Waals surface area contributed by atoms with E-state index in [0.717, 1.165) is 20.1 Å². The third-order valence-electron chi connectivity index (χ3n) is 4.73. The molecule has 0 aliphatic heterocycles. The molecule has 0 radical (unpaired) electrons. The van der Waals surface area contributed by atoms with Crippen molar-refractivity contribution in [2.45, 2.75) is 0 Å². The Balaban J connectivity index is 1.34. The summed E-state index contributed by atoms with van der Waals surface area (Å²) < 4.78 is 1.80. The number of hydrogen-bond acceptors (Lipinski definition) is 4. The van der Waals surface area contributed by atoms with Crippen LogP contribution in [-0.2, 0) is 4.79 Å². The minimum absolute atomic E-state index is 0.315. The lowest BCUT2D eigenvalue weighted by Crippen LogP contribution is -2.40. The molecule has 4 rings (SSSR count). The van der Waals surface area contributed by atoms with E-state index >= 15 is 0 Å². The molecule has 0 saturated heterocycles. The van der Waals surface area contributed by atoms with Gasteiger partial charge in [0.15, 0.2) is 0 Å². The first-order chi connectivity index (χ1) is 16.4. The molecule has 6 nitrogen and oxygen atoms in total. The van der Waals surface area contributed by atoms with Gasteiger partial charge in [0.05, 0.1) is 5.02 Å². The molecule has 0 spiro atoms. The fourth-order valence-corrected chi connectivity index (χ4v) is 5.01. The number of thiophene rings is 1. The molecular formula is C25H17BrClN3O3S. The van der Waals surface area contributed by atoms with E-state index in [2.05, 4.69) is 32.1 Å². The van der Waals surface area contributed by atoms with Gasteiger partial charge >= 0.3 is 0 Å². The Labute approximate surface area is 212 Å². The van der Waals surface area contributed by atoms with Crippen molar-refractivity contribution in [1.82, 2.24) is 10.9 Å². The minimum atomic E-state index is -0.488. The van der Waals surface area contributed by atoms with Crippen molar-refractivity contribution in [3.8, 4) is 0 Å². The maximum absolute atomic E-state index is 12.7. The first-order valence-corrected chi connectivity index (χ1v) is 12.0. The third kappa shape index (κ3) is 5.72. The molecule has 1 heterocycles. The van der Waals surface area contributed by atoms with Gasteiger partial charge in [0.25, 0.3) is 17.7 Å². The van der Waals surface area contributed by atoms with Gasteiger partial charge < -0.3 is 5.32 Å². The quantitative estimate of drug-likeness (QED) is 0.207. The van der Waals surface area contributed by atoms with Gasteiger partial charge in [0.1, 0.15) is 4.88 Å². The highest BCUT2D eigenvalue weighted by molar-refractivity contribution is 9.10. The van der Waals surface area contributed by atoms with Crippen LogP contribution in [0.2, 0.25) is 5.02 Å². The number of hydrazine groups is 1. The van der Waals surface area contributed by atoms with Crippen molar-refractivity contribution in [2.24, 2.45) is 0 Å². The van der Waals surface area contributed by atoms with E-state index in [1.165, 1.54) is 17.4 Å². The maximum atomic E-state index is 12.7. The number of carbonyl (C=O) groups excluding carboxylic acids is 3. The van der Waals surface area contributed by atoms with E-state index in [1.807, 2.05) is 48.5 Å². The minimum Gasteiger partial charge on any atom is -0.321 e. The number of anilines is 1. The molecule has 34 heavy (non-hydrogen) atoms. The van der Waals surface area contributed by atoms with Gasteiger partial charge in [0, 0.05) is 31.9 Å². The molecule has 170 valence electrons. The summed E-state index contributed by atoms with van der Waals surface area (Å²) >= 11 is 11.1. The fourth-order valence-electron chi connectivity index (χ4n) is 3.05. The Hall–Kier alpha value is -3.46. The maximum Gasteiger partial charge on any atom is 0.269 e. The second-order valence-electron chi connectivity index (χ2n) is 7.10. The summed E-state index contributed by atoms with van der Waals surface area (Å²) in [5.41, 5.74) is 6.37. The van der Waals surface area contributed by atoms with Crippen LogP contribution < -0.4 is 16.2 Å². The van der Waals surface area contributed by atoms with Crippen LogP contribution in [0.3, 0.4) is 0 Å². The normalized spacial score (nSPS) is 10.9. The second-order valence-corrected chi connectivity index (χ2v) is 9.45. The summed E-state index contributed by atoms with van der Waals surface area (Å²) in [5.74, 6) is -1.29. The number of amides is 3. The molecule has 9 heteroatoms. The Kier molecular flexibility index (Phi) is 7.42. The Morgan fingerprint density at radius 3 is 2.35 bits per heavy atom. The topological polar surface area (TPSA) is 87.3 Å². The number of fused-ring (bicyclic) bond motifs is 1. The first-order valence-electron chi connectivity index (χ1n) is 10.0. The van der Waals surface area contributed by atoms with Crippen LogP contribution in [-0.4, -0.2) is 17.7 Å². The summed E-state index contributed by atoms with van der Waals surface area (Å²) in [6.45, 7) is 0. The predicted molar refractivity (Wildman–Crippen MR) is 140 cm³/mol. The molecule has 0 unspecified atom stereocenters. The third-order valence-corrected chi connectivity index (χ3v) is 6.88. The smallest absolute Gasteiger partial charge is 0.269 e. The number of rotatable bonds is 5. The summed E-state index contributed by atoms with van der Waals surface area (Å²) in [4.78, 5) is 37.3. The molecule has 4 aromatic rings. The van der Waals surface area contributed by atoms with E-state index in [9.17, 15) is 14.4 Å². The molecule has 0 aliphatic carbocycles. The summed E-state index contributed by atoms with van der Waals surface area (Å²) in [6, 6.07) is 21.2. The predicted octanol–water partition coefficient (Wildman–Crippen LogP) is 6.04. The molecular weight excluding hydrogens is 538 g/mol. The number of carbonyl (C=O) groups is 3. The van der Waals surface area contributed by atoms with Crippen molar-refractivity contribution < 1.29 is 14.4 Å². The Bertz CT molecular complexity index is 1400. The van der Waals surface area contributed by atoms with E-state index in [4.69, 9.17) is 11.6 Å². The van der Waals surface area contributed by atoms with Gasteiger partial charge in [-0.2, -0.15) is 0 Å². The average molecular weight is 555 g/mol. The molecule has 3 amide bonds. The molecule has 0 aliphatic rings. The molecule has 3 N–H and O–H groups in total. The number of nitrogens with one attached hydrogen (secondary N) is 3. The lowest BCUT2D eigenvalue weighted by Gasteiger charge is -2.07. The monoisotopic (exact) mass is 553 g/mol. The Morgan fingerprint density at radius 2 is 1.62 bits per heavy atom. The van der Waals surface area contributed by atoms with Crippen LogP contribution in [0.25, 0.3) is 16.2 Å². The van der Waals surface area contributed by atoms with Crippen molar-refractivity contribution in [1.29, 1.82) is 0 Å². The zero-order chi connectivity index (χ0) is 24.1. The second kappa shape index (κ2) is 10.6. The van der Waals surface area contributed by atoms with Gasteiger partial charge in [-0.15, -0.1) is 11.3 Å². The zero-order valence-electron chi connectivity index (χ0n) is 17.5. The molecule has 0 atom stereocenters. The van der Waals surface area contributed by atoms with E-state index in [1.54, 1.807) is 30.3 Å². The van der Waals surface area contributed by atoms with Crippen LogP contribution in [0.1, 0.15) is 25.6 Å². The SMILES string of the molecule is O=C(/C=C/c1ccccc1)NNC(=O)c1ccc(NC(=O)c2sc3cc(Br)ccc3c2Cl)cc1. The van der Waals surface area contributed by atoms with Crippen molar-refractivity contribution in [2.75, 3.05) is 5.32 Å². The van der Waals surface area contributed by atoms with E-state index in [0.29, 0.717) is 21.2 Å². The average Bonchev–Trinajstić information content (AvgIpc) is 3.17. The largest absolute Gasteiger partial charge is 0.321 e. The van der Waals surface area contributed by atoms with Crippen molar-refractivity contribution in [3.05, 3.63) is 104 Å². The lowest BCUT2D eigenvalue weighted by molar-refractivity contribution is -0.117. The van der Waals surface area contributed by atoms with E-state index < -0.39 is 11.8 Å². The van der Waals surface area contributed by atoms with Crippen LogP contribution in [0.4, 0.5) is 5.69 Å². The van der Waals surface area contributed by atoms with Crippen LogP contribution in [0, 0.1) is 0 Å². The Morgan fingerprint density at radius 1 is 0.882 bits per heavy atom. The highest BCUT2D eigenvalue weighted by Gasteiger charge is 2.17. The standard InChI is InChI=1S/C25H17BrClN3O3S/c26-17-9-12-19-20(14-17)34-23(22(19)27)25(33)28-18-10-7-16(8-11-18)24(32)30-29-21(31)13-6-15-4-2-1-3-5-15/h1-14H,(H,28,33)(H,29,31)(H,30,32)/b13-6+. The fraction of sp³-hybridized carbons (Fsp3) is 0. The highest BCUT2D eigenvalue weighted by atomic mass is 79.9. The summed E-state index contributed by atoms with van der Waals surface area (Å²) in [5, 5.41) is 4.00. The molecule has 0 saturated carbocycles. The molecule has 3 aromatic carbocycles. The van der Waals surface area contributed by atoms with Gasteiger partial charge in [-0.05, 0) is 48.0 Å². The van der Waals surface area contributed by atoms with Crippen molar-refractivity contribution >= 4 is 78.4 Å². The van der Waals surface area contributed by atoms with Crippen LogP contribution >= 0.6 is 38.9 Å². The zero-order valence-corrected chi connectivity index (χ0v) is 20.6. The van der Waals surface area contributed by atoms with E-state index in [-0.39, 0.29) is 5.91 Å². The summed E-state index contributed by atoms with van der Waals surface area (Å²) in [6.07, 6.45) is 2.96.